The topological polar surface area (TPSA) is 100 Å². The summed E-state index contributed by atoms with van der Waals surface area (Å²) in [5.41, 5.74) is 4.34. The van der Waals surface area contributed by atoms with E-state index in [0.717, 1.165) is 21.6 Å². The molecule has 0 spiro atoms. The van der Waals surface area contributed by atoms with E-state index in [4.69, 9.17) is 11.6 Å². The van der Waals surface area contributed by atoms with Crippen molar-refractivity contribution < 1.29 is 14.4 Å². The number of anilines is 2. The largest absolute Gasteiger partial charge is 0.321 e. The Hall–Kier alpha value is -4.70. The lowest BCUT2D eigenvalue weighted by Crippen LogP contribution is -2.30. The number of aryl methyl sites for hydroxylation is 1. The zero-order chi connectivity index (χ0) is 31.8. The fourth-order valence-corrected chi connectivity index (χ4v) is 6.18. The van der Waals surface area contributed by atoms with Gasteiger partial charge in [0.2, 0.25) is 5.91 Å². The van der Waals surface area contributed by atoms with Gasteiger partial charge in [0.05, 0.1) is 10.9 Å². The van der Waals surface area contributed by atoms with Gasteiger partial charge in [-0.15, -0.1) is 23.1 Å². The number of hydrogen-bond donors (Lipinski definition) is 3. The fraction of sp³-hybridized carbons (Fsp3) is 0.0857. The molecule has 1 heterocycles. The van der Waals surface area contributed by atoms with Crippen molar-refractivity contribution in [3.8, 4) is 11.3 Å². The Morgan fingerprint density at radius 3 is 2.42 bits per heavy atom. The number of hydrogen-bond acceptors (Lipinski definition) is 6. The van der Waals surface area contributed by atoms with Crippen LogP contribution in [-0.4, -0.2) is 28.0 Å². The Kier molecular flexibility index (Phi) is 10.5. The van der Waals surface area contributed by atoms with Crippen LogP contribution in [-0.2, 0) is 9.59 Å². The van der Waals surface area contributed by atoms with Crippen LogP contribution in [0.3, 0.4) is 0 Å². The Morgan fingerprint density at radius 1 is 0.889 bits per heavy atom. The molecule has 5 aromatic rings. The van der Waals surface area contributed by atoms with Crippen LogP contribution in [0, 0.1) is 6.92 Å². The summed E-state index contributed by atoms with van der Waals surface area (Å²) < 4.78 is 0. The van der Waals surface area contributed by atoms with Crippen LogP contribution in [0.2, 0.25) is 5.02 Å². The Balaban J connectivity index is 1.26. The standard InChI is InChI=1S/C35H29ClN4O3S2/c1-22-10-8-11-24(18-22)19-30(38-33(42)25-12-4-3-5-13-25)34(43)37-26-14-9-15-27(20-26)45-23(2)32(41)40-35-39-31(21-44-35)28-16-6-7-17-29(28)36/h3-21,23H,1-2H3,(H,37,43)(H,38,42)(H,39,40,41)/b30-19+. The number of carbonyl (C=O) groups excluding carboxylic acids is 3. The van der Waals surface area contributed by atoms with Crippen LogP contribution in [0.5, 0.6) is 0 Å². The molecule has 0 saturated carbocycles. The number of nitrogens with zero attached hydrogens (tertiary/aromatic N) is 1. The van der Waals surface area contributed by atoms with Crippen LogP contribution in [0.15, 0.2) is 119 Å². The van der Waals surface area contributed by atoms with E-state index in [1.165, 1.54) is 23.1 Å². The third-order valence-electron chi connectivity index (χ3n) is 6.54. The number of thiazole rings is 1. The predicted octanol–water partition coefficient (Wildman–Crippen LogP) is 8.30. The molecule has 226 valence electrons. The first kappa shape index (κ1) is 31.7. The minimum atomic E-state index is -0.480. The second-order valence-corrected chi connectivity index (χ2v) is 12.7. The zero-order valence-corrected chi connectivity index (χ0v) is 26.8. The highest BCUT2D eigenvalue weighted by molar-refractivity contribution is 8.00. The number of amides is 3. The average molecular weight is 653 g/mol. The van der Waals surface area contributed by atoms with Crippen molar-refractivity contribution in [2.75, 3.05) is 10.6 Å². The van der Waals surface area contributed by atoms with Gasteiger partial charge in [-0.1, -0.05) is 83.9 Å². The number of aromatic nitrogens is 1. The van der Waals surface area contributed by atoms with Gasteiger partial charge < -0.3 is 16.0 Å². The molecule has 45 heavy (non-hydrogen) atoms. The zero-order valence-electron chi connectivity index (χ0n) is 24.4. The van der Waals surface area contributed by atoms with Gasteiger partial charge in [-0.2, -0.15) is 0 Å². The van der Waals surface area contributed by atoms with Gasteiger partial charge in [-0.3, -0.25) is 14.4 Å². The summed E-state index contributed by atoms with van der Waals surface area (Å²) in [4.78, 5) is 44.7. The summed E-state index contributed by atoms with van der Waals surface area (Å²) in [5.74, 6) is -1.08. The maximum Gasteiger partial charge on any atom is 0.272 e. The van der Waals surface area contributed by atoms with E-state index in [1.807, 2.05) is 66.9 Å². The summed E-state index contributed by atoms with van der Waals surface area (Å²) in [6.07, 6.45) is 1.64. The lowest BCUT2D eigenvalue weighted by atomic mass is 10.1. The van der Waals surface area contributed by atoms with Gasteiger partial charge in [-0.05, 0) is 61.9 Å². The van der Waals surface area contributed by atoms with Gasteiger partial charge in [0.1, 0.15) is 5.70 Å². The molecule has 4 aromatic carbocycles. The minimum absolute atomic E-state index is 0.0971. The highest BCUT2D eigenvalue weighted by atomic mass is 35.5. The minimum Gasteiger partial charge on any atom is -0.321 e. The maximum atomic E-state index is 13.5. The van der Waals surface area contributed by atoms with Crippen LogP contribution >= 0.6 is 34.7 Å². The third-order valence-corrected chi connectivity index (χ3v) is 8.72. The van der Waals surface area contributed by atoms with Crippen LogP contribution in [0.1, 0.15) is 28.4 Å². The van der Waals surface area contributed by atoms with E-state index in [9.17, 15) is 14.4 Å². The molecule has 1 atom stereocenters. The molecule has 0 saturated heterocycles. The molecule has 3 N–H and O–H groups in total. The molecule has 0 aliphatic carbocycles. The number of carbonyl (C=O) groups is 3. The second kappa shape index (κ2) is 14.9. The number of thioether (sulfide) groups is 1. The first-order chi connectivity index (χ1) is 21.7. The molecule has 0 aliphatic heterocycles. The lowest BCUT2D eigenvalue weighted by molar-refractivity contribution is -0.115. The highest BCUT2D eigenvalue weighted by Gasteiger charge is 2.19. The maximum absolute atomic E-state index is 13.5. The van der Waals surface area contributed by atoms with Crippen molar-refractivity contribution >= 4 is 69.3 Å². The monoisotopic (exact) mass is 652 g/mol. The van der Waals surface area contributed by atoms with E-state index in [2.05, 4.69) is 20.9 Å². The summed E-state index contributed by atoms with van der Waals surface area (Å²) >= 11 is 8.97. The molecule has 0 radical (unpaired) electrons. The number of rotatable bonds is 10. The van der Waals surface area contributed by atoms with E-state index in [1.54, 1.807) is 61.5 Å². The van der Waals surface area contributed by atoms with E-state index in [0.29, 0.717) is 27.1 Å². The highest BCUT2D eigenvalue weighted by Crippen LogP contribution is 2.31. The van der Waals surface area contributed by atoms with E-state index >= 15 is 0 Å². The molecule has 3 amide bonds. The summed E-state index contributed by atoms with van der Waals surface area (Å²) in [5, 5.41) is 11.0. The smallest absolute Gasteiger partial charge is 0.272 e. The first-order valence-electron chi connectivity index (χ1n) is 14.0. The summed E-state index contributed by atoms with van der Waals surface area (Å²) in [6.45, 7) is 3.76. The molecule has 0 fully saturated rings. The van der Waals surface area contributed by atoms with Crippen molar-refractivity contribution in [3.63, 3.8) is 0 Å². The Morgan fingerprint density at radius 2 is 1.64 bits per heavy atom. The Labute approximate surface area is 274 Å². The van der Waals surface area contributed by atoms with Crippen molar-refractivity contribution in [2.24, 2.45) is 0 Å². The lowest BCUT2D eigenvalue weighted by Gasteiger charge is -2.14. The fourth-order valence-electron chi connectivity index (χ4n) is 4.30. The molecule has 7 nitrogen and oxygen atoms in total. The summed E-state index contributed by atoms with van der Waals surface area (Å²) in [7, 11) is 0. The molecule has 0 aliphatic rings. The molecule has 1 unspecified atom stereocenters. The Bertz CT molecular complexity index is 1870. The average Bonchev–Trinajstić information content (AvgIpc) is 3.49. The third kappa shape index (κ3) is 8.69. The molecular weight excluding hydrogens is 624 g/mol. The number of benzene rings is 4. The molecule has 10 heteroatoms. The van der Waals surface area contributed by atoms with Gasteiger partial charge >= 0.3 is 0 Å². The van der Waals surface area contributed by atoms with Gasteiger partial charge in [0.25, 0.3) is 11.8 Å². The van der Waals surface area contributed by atoms with Crippen molar-refractivity contribution in [2.45, 2.75) is 24.0 Å². The van der Waals surface area contributed by atoms with Gasteiger partial charge in [-0.25, -0.2) is 4.98 Å². The van der Waals surface area contributed by atoms with Gasteiger partial charge in [0, 0.05) is 32.1 Å². The van der Waals surface area contributed by atoms with Crippen LogP contribution in [0.25, 0.3) is 17.3 Å². The molecular formula is C35H29ClN4O3S2. The number of halogens is 1. The van der Waals surface area contributed by atoms with Crippen molar-refractivity contribution in [1.29, 1.82) is 0 Å². The van der Waals surface area contributed by atoms with Crippen molar-refractivity contribution in [1.82, 2.24) is 10.3 Å². The second-order valence-electron chi connectivity index (χ2n) is 10.0. The van der Waals surface area contributed by atoms with Gasteiger partial charge in [0.15, 0.2) is 5.13 Å². The molecule has 1 aromatic heterocycles. The molecule has 5 rings (SSSR count). The van der Waals surface area contributed by atoms with Crippen LogP contribution in [0.4, 0.5) is 10.8 Å². The quantitative estimate of drug-likeness (QED) is 0.104. The SMILES string of the molecule is Cc1cccc(/C=C(/NC(=O)c2ccccc2)C(=O)Nc2cccc(SC(C)C(=O)Nc3nc(-c4ccccc4Cl)cs3)c2)c1. The van der Waals surface area contributed by atoms with E-state index in [-0.39, 0.29) is 11.6 Å². The predicted molar refractivity (Wildman–Crippen MR) is 185 cm³/mol. The number of nitrogens with one attached hydrogen (secondary N) is 3. The first-order valence-corrected chi connectivity index (χ1v) is 16.1. The van der Waals surface area contributed by atoms with Crippen molar-refractivity contribution in [3.05, 3.63) is 136 Å². The normalized spacial score (nSPS) is 11.8. The van der Waals surface area contributed by atoms with Crippen LogP contribution < -0.4 is 16.0 Å². The summed E-state index contributed by atoms with van der Waals surface area (Å²) in [6, 6.07) is 31.0. The van der Waals surface area contributed by atoms with E-state index < -0.39 is 17.1 Å². The molecule has 0 bridgehead atoms.